The third kappa shape index (κ3) is 5.24. The number of aromatic nitrogens is 1. The predicted octanol–water partition coefficient (Wildman–Crippen LogP) is 6.92. The van der Waals surface area contributed by atoms with Crippen molar-refractivity contribution in [1.82, 2.24) is 4.98 Å². The Balaban J connectivity index is 1.46. The van der Waals surface area contributed by atoms with Gasteiger partial charge >= 0.3 is 0 Å². The first-order valence-electron chi connectivity index (χ1n) is 11.0. The standard InChI is InChI=1S/C28H20FN3O3S/c1-34-24-15-16-25-26(17-24)36-28(31-25)32(30-18-19-7-11-21(29)12-8-19)27(33)20-9-13-23(14-10-20)35-22-5-3-2-4-6-22/h2-18H,1H3/b30-18+. The van der Waals surface area contributed by atoms with Gasteiger partial charge in [0.25, 0.3) is 5.91 Å². The number of hydrazone groups is 1. The van der Waals surface area contributed by atoms with Crippen LogP contribution in [0.15, 0.2) is 102 Å². The van der Waals surface area contributed by atoms with Gasteiger partial charge in [-0.2, -0.15) is 10.1 Å². The van der Waals surface area contributed by atoms with Gasteiger partial charge in [-0.25, -0.2) is 9.37 Å². The third-order valence-electron chi connectivity index (χ3n) is 5.23. The van der Waals surface area contributed by atoms with E-state index in [0.717, 1.165) is 10.2 Å². The van der Waals surface area contributed by atoms with Crippen LogP contribution >= 0.6 is 11.3 Å². The lowest BCUT2D eigenvalue weighted by Gasteiger charge is -2.14. The second kappa shape index (κ2) is 10.4. The average Bonchev–Trinajstić information content (AvgIpc) is 3.33. The van der Waals surface area contributed by atoms with Crippen LogP contribution in [0, 0.1) is 5.82 Å². The van der Waals surface area contributed by atoms with E-state index in [1.54, 1.807) is 43.5 Å². The summed E-state index contributed by atoms with van der Waals surface area (Å²) in [6.45, 7) is 0. The van der Waals surface area contributed by atoms with Crippen molar-refractivity contribution in [1.29, 1.82) is 0 Å². The molecule has 0 bridgehead atoms. The monoisotopic (exact) mass is 497 g/mol. The average molecular weight is 498 g/mol. The number of carbonyl (C=O) groups excluding carboxylic acids is 1. The largest absolute Gasteiger partial charge is 0.497 e. The number of ether oxygens (including phenoxy) is 2. The lowest BCUT2D eigenvalue weighted by atomic mass is 10.2. The number of benzene rings is 4. The van der Waals surface area contributed by atoms with Gasteiger partial charge in [-0.05, 0) is 72.3 Å². The molecule has 1 aromatic heterocycles. The maximum Gasteiger partial charge on any atom is 0.280 e. The first kappa shape index (κ1) is 23.2. The molecular formula is C28H20FN3O3S. The number of nitrogens with zero attached hydrogens (tertiary/aromatic N) is 3. The van der Waals surface area contributed by atoms with Crippen molar-refractivity contribution in [2.24, 2.45) is 5.10 Å². The summed E-state index contributed by atoms with van der Waals surface area (Å²) in [7, 11) is 1.59. The Morgan fingerprint density at radius 2 is 1.61 bits per heavy atom. The highest BCUT2D eigenvalue weighted by Gasteiger charge is 2.21. The van der Waals surface area contributed by atoms with Gasteiger partial charge in [-0.3, -0.25) is 4.79 Å². The molecule has 0 saturated heterocycles. The maximum atomic E-state index is 13.5. The van der Waals surface area contributed by atoms with Crippen molar-refractivity contribution in [2.45, 2.75) is 0 Å². The fourth-order valence-corrected chi connectivity index (χ4v) is 4.34. The van der Waals surface area contributed by atoms with E-state index in [9.17, 15) is 9.18 Å². The van der Waals surface area contributed by atoms with Gasteiger partial charge in [-0.15, -0.1) is 0 Å². The summed E-state index contributed by atoms with van der Waals surface area (Å²) < 4.78 is 25.3. The Morgan fingerprint density at radius 1 is 0.917 bits per heavy atom. The van der Waals surface area contributed by atoms with Crippen LogP contribution in [-0.2, 0) is 0 Å². The van der Waals surface area contributed by atoms with Crippen LogP contribution in [0.5, 0.6) is 17.2 Å². The van der Waals surface area contributed by atoms with E-state index in [1.807, 2.05) is 48.5 Å². The van der Waals surface area contributed by atoms with Gasteiger partial charge in [0, 0.05) is 5.56 Å². The quantitative estimate of drug-likeness (QED) is 0.181. The molecule has 0 fully saturated rings. The van der Waals surface area contributed by atoms with Crippen molar-refractivity contribution in [2.75, 3.05) is 12.1 Å². The number of hydrogen-bond acceptors (Lipinski definition) is 6. The number of methoxy groups -OCH3 is 1. The van der Waals surface area contributed by atoms with Crippen LogP contribution in [0.2, 0.25) is 0 Å². The van der Waals surface area contributed by atoms with Crippen LogP contribution in [0.4, 0.5) is 9.52 Å². The van der Waals surface area contributed by atoms with Gasteiger partial charge in [0.2, 0.25) is 5.13 Å². The van der Waals surface area contributed by atoms with E-state index < -0.39 is 0 Å². The van der Waals surface area contributed by atoms with Crippen LogP contribution in [0.3, 0.4) is 0 Å². The number of para-hydroxylation sites is 1. The van der Waals surface area contributed by atoms with Gasteiger partial charge in [0.1, 0.15) is 23.1 Å². The first-order chi connectivity index (χ1) is 17.6. The Morgan fingerprint density at radius 3 is 2.33 bits per heavy atom. The lowest BCUT2D eigenvalue weighted by molar-refractivity contribution is 0.0988. The lowest BCUT2D eigenvalue weighted by Crippen LogP contribution is -2.25. The van der Waals surface area contributed by atoms with Crippen molar-refractivity contribution < 1.29 is 18.7 Å². The van der Waals surface area contributed by atoms with E-state index in [1.165, 1.54) is 34.7 Å². The molecule has 5 rings (SSSR count). The smallest absolute Gasteiger partial charge is 0.280 e. The second-order valence-electron chi connectivity index (χ2n) is 7.68. The van der Waals surface area contributed by atoms with Crippen molar-refractivity contribution >= 4 is 38.8 Å². The van der Waals surface area contributed by atoms with Gasteiger partial charge < -0.3 is 9.47 Å². The molecule has 0 radical (unpaired) electrons. The van der Waals surface area contributed by atoms with Crippen molar-refractivity contribution in [3.63, 3.8) is 0 Å². The fourth-order valence-electron chi connectivity index (χ4n) is 3.38. The maximum absolute atomic E-state index is 13.5. The second-order valence-corrected chi connectivity index (χ2v) is 8.69. The Labute approximate surface area is 210 Å². The molecule has 0 atom stereocenters. The zero-order valence-electron chi connectivity index (χ0n) is 19.2. The minimum Gasteiger partial charge on any atom is -0.497 e. The molecule has 0 aliphatic carbocycles. The molecule has 0 saturated carbocycles. The molecule has 0 aliphatic rings. The summed E-state index contributed by atoms with van der Waals surface area (Å²) in [4.78, 5) is 18.1. The molecule has 0 spiro atoms. The summed E-state index contributed by atoms with van der Waals surface area (Å²) in [5, 5.41) is 6.06. The van der Waals surface area contributed by atoms with E-state index in [4.69, 9.17) is 9.47 Å². The summed E-state index contributed by atoms with van der Waals surface area (Å²) >= 11 is 1.32. The van der Waals surface area contributed by atoms with Crippen molar-refractivity contribution in [3.8, 4) is 17.2 Å². The number of amides is 1. The highest BCUT2D eigenvalue weighted by atomic mass is 32.1. The van der Waals surface area contributed by atoms with E-state index in [-0.39, 0.29) is 11.7 Å². The van der Waals surface area contributed by atoms with Gasteiger partial charge in [0.15, 0.2) is 0 Å². The number of carbonyl (C=O) groups is 1. The van der Waals surface area contributed by atoms with Gasteiger partial charge in [-0.1, -0.05) is 41.7 Å². The SMILES string of the molecule is COc1ccc2nc(N(/N=C/c3ccc(F)cc3)C(=O)c3ccc(Oc4ccccc4)cc3)sc2c1. The summed E-state index contributed by atoms with van der Waals surface area (Å²) in [5.41, 5.74) is 1.77. The normalized spacial score (nSPS) is 11.1. The molecule has 5 aromatic rings. The molecule has 1 heterocycles. The Hall–Kier alpha value is -4.56. The third-order valence-corrected chi connectivity index (χ3v) is 6.22. The number of halogens is 1. The fraction of sp³-hybridized carbons (Fsp3) is 0.0357. The predicted molar refractivity (Wildman–Crippen MR) is 140 cm³/mol. The summed E-state index contributed by atoms with van der Waals surface area (Å²) in [6.07, 6.45) is 1.50. The first-order valence-corrected chi connectivity index (χ1v) is 11.8. The zero-order valence-corrected chi connectivity index (χ0v) is 20.0. The zero-order chi connectivity index (χ0) is 24.9. The number of rotatable bonds is 7. The van der Waals surface area contributed by atoms with Crippen LogP contribution in [0.1, 0.15) is 15.9 Å². The minimum atomic E-state index is -0.370. The number of fused-ring (bicyclic) bond motifs is 1. The number of hydrogen-bond donors (Lipinski definition) is 0. The molecule has 0 unspecified atom stereocenters. The molecule has 0 aliphatic heterocycles. The van der Waals surface area contributed by atoms with Gasteiger partial charge in [0.05, 0.1) is 23.5 Å². The van der Waals surface area contributed by atoms with E-state index in [0.29, 0.717) is 33.5 Å². The molecule has 6 nitrogen and oxygen atoms in total. The van der Waals surface area contributed by atoms with E-state index >= 15 is 0 Å². The number of anilines is 1. The molecule has 4 aromatic carbocycles. The molecule has 178 valence electrons. The van der Waals surface area contributed by atoms with Crippen LogP contribution in [-0.4, -0.2) is 24.2 Å². The van der Waals surface area contributed by atoms with Crippen LogP contribution < -0.4 is 14.5 Å². The molecule has 36 heavy (non-hydrogen) atoms. The molecular weight excluding hydrogens is 477 g/mol. The topological polar surface area (TPSA) is 64.0 Å². The molecule has 1 amide bonds. The molecule has 0 N–H and O–H groups in total. The summed E-state index contributed by atoms with van der Waals surface area (Å²) in [6, 6.07) is 27.5. The summed E-state index contributed by atoms with van der Waals surface area (Å²) in [5.74, 6) is 1.28. The van der Waals surface area contributed by atoms with E-state index in [2.05, 4.69) is 10.1 Å². The highest BCUT2D eigenvalue weighted by molar-refractivity contribution is 7.22. The number of thiazole rings is 1. The van der Waals surface area contributed by atoms with Crippen molar-refractivity contribution in [3.05, 3.63) is 114 Å². The molecule has 8 heteroatoms. The highest BCUT2D eigenvalue weighted by Crippen LogP contribution is 2.32. The minimum absolute atomic E-state index is 0.349. The Bertz CT molecular complexity index is 1520. The Kier molecular flexibility index (Phi) is 6.68. The van der Waals surface area contributed by atoms with Crippen LogP contribution in [0.25, 0.3) is 10.2 Å².